The van der Waals surface area contributed by atoms with Crippen LogP contribution in [0.2, 0.25) is 0 Å². The van der Waals surface area contributed by atoms with E-state index in [2.05, 4.69) is 35.2 Å². The lowest BCUT2D eigenvalue weighted by molar-refractivity contribution is 0.665. The summed E-state index contributed by atoms with van der Waals surface area (Å²) < 4.78 is 1.91. The Morgan fingerprint density at radius 2 is 2.10 bits per heavy atom. The molecule has 2 aromatic heterocycles. The van der Waals surface area contributed by atoms with Gasteiger partial charge in [-0.2, -0.15) is 0 Å². The maximum Gasteiger partial charge on any atom is 0.103 e. The number of benzene rings is 1. The second-order valence-electron chi connectivity index (χ2n) is 5.08. The number of hydrogen-bond acceptors (Lipinski definition) is 4. The summed E-state index contributed by atoms with van der Waals surface area (Å²) in [5.74, 6) is 0. The van der Waals surface area contributed by atoms with Crippen LogP contribution in [0.1, 0.15) is 37.7 Å². The van der Waals surface area contributed by atoms with Gasteiger partial charge >= 0.3 is 0 Å². The van der Waals surface area contributed by atoms with Crippen molar-refractivity contribution in [1.82, 2.24) is 20.0 Å². The molecule has 0 amide bonds. The summed E-state index contributed by atoms with van der Waals surface area (Å²) >= 11 is 0. The average Bonchev–Trinajstić information content (AvgIpc) is 2.97. The molecule has 3 aromatic rings. The Bertz CT molecular complexity index is 757. The lowest BCUT2D eigenvalue weighted by atomic mass is 10.1. The molecule has 3 rings (SSSR count). The Balaban J connectivity index is 2.22. The van der Waals surface area contributed by atoms with Gasteiger partial charge in [0, 0.05) is 23.2 Å². The van der Waals surface area contributed by atoms with Crippen molar-refractivity contribution in [3.8, 4) is 5.69 Å². The molecule has 0 saturated heterocycles. The fourth-order valence-corrected chi connectivity index (χ4v) is 2.61. The predicted octanol–water partition coefficient (Wildman–Crippen LogP) is 2.79. The third kappa shape index (κ3) is 2.29. The lowest BCUT2D eigenvalue weighted by Crippen LogP contribution is -2.12. The van der Waals surface area contributed by atoms with Crippen LogP contribution in [0.3, 0.4) is 0 Å². The van der Waals surface area contributed by atoms with Crippen LogP contribution in [0.4, 0.5) is 0 Å². The molecule has 0 fully saturated rings. The van der Waals surface area contributed by atoms with Crippen LogP contribution in [0.15, 0.2) is 36.7 Å². The summed E-state index contributed by atoms with van der Waals surface area (Å²) in [4.78, 5) is 4.17. The van der Waals surface area contributed by atoms with Gasteiger partial charge in [-0.25, -0.2) is 4.68 Å². The first-order chi connectivity index (χ1) is 10.3. The van der Waals surface area contributed by atoms with Gasteiger partial charge in [0.05, 0.1) is 17.4 Å². The number of fused-ring (bicyclic) bond motifs is 1. The van der Waals surface area contributed by atoms with E-state index in [-0.39, 0.29) is 6.04 Å². The van der Waals surface area contributed by atoms with Crippen molar-refractivity contribution in [3.05, 3.63) is 48.0 Å². The van der Waals surface area contributed by atoms with Gasteiger partial charge in [-0.15, -0.1) is 5.10 Å². The first-order valence-electron chi connectivity index (χ1n) is 7.29. The summed E-state index contributed by atoms with van der Waals surface area (Å²) in [5.41, 5.74) is 9.14. The molecule has 5 nitrogen and oxygen atoms in total. The van der Waals surface area contributed by atoms with Gasteiger partial charge in [0.25, 0.3) is 0 Å². The van der Waals surface area contributed by atoms with E-state index >= 15 is 0 Å². The standard InChI is InChI=1S/C16H19N5/c1-3-13(17)16-14(4-2)21(20-19-16)15-7-5-6-11-10-18-9-8-12(11)15/h5-10,13H,3-4,17H2,1-2H3. The third-order valence-corrected chi connectivity index (χ3v) is 3.81. The molecule has 1 atom stereocenters. The molecular formula is C16H19N5. The molecule has 0 bridgehead atoms. The van der Waals surface area contributed by atoms with Gasteiger partial charge in [0.1, 0.15) is 5.69 Å². The Kier molecular flexibility index (Phi) is 3.66. The molecular weight excluding hydrogens is 262 g/mol. The highest BCUT2D eigenvalue weighted by Gasteiger charge is 2.18. The average molecular weight is 281 g/mol. The van der Waals surface area contributed by atoms with Crippen LogP contribution in [0.5, 0.6) is 0 Å². The largest absolute Gasteiger partial charge is 0.323 e. The third-order valence-electron chi connectivity index (χ3n) is 3.81. The van der Waals surface area contributed by atoms with Gasteiger partial charge < -0.3 is 5.73 Å². The molecule has 21 heavy (non-hydrogen) atoms. The van der Waals surface area contributed by atoms with Crippen molar-refractivity contribution in [2.75, 3.05) is 0 Å². The molecule has 0 aliphatic heterocycles. The fourth-order valence-electron chi connectivity index (χ4n) is 2.61. The van der Waals surface area contributed by atoms with Crippen LogP contribution < -0.4 is 5.73 Å². The number of nitrogens with two attached hydrogens (primary N) is 1. The quantitative estimate of drug-likeness (QED) is 0.798. The second kappa shape index (κ2) is 5.61. The molecule has 0 radical (unpaired) electrons. The van der Waals surface area contributed by atoms with Crippen molar-refractivity contribution in [3.63, 3.8) is 0 Å². The van der Waals surface area contributed by atoms with Crippen LogP contribution in [-0.2, 0) is 6.42 Å². The van der Waals surface area contributed by atoms with Crippen molar-refractivity contribution in [1.29, 1.82) is 0 Å². The number of nitrogens with zero attached hydrogens (tertiary/aromatic N) is 4. The Morgan fingerprint density at radius 3 is 2.86 bits per heavy atom. The minimum absolute atomic E-state index is 0.0645. The van der Waals surface area contributed by atoms with E-state index in [9.17, 15) is 0 Å². The first kappa shape index (κ1) is 13.7. The summed E-state index contributed by atoms with van der Waals surface area (Å²) in [7, 11) is 0. The topological polar surface area (TPSA) is 69.6 Å². The van der Waals surface area contributed by atoms with Crippen LogP contribution in [0, 0.1) is 0 Å². The summed E-state index contributed by atoms with van der Waals surface area (Å²) in [5, 5.41) is 10.9. The number of hydrogen-bond donors (Lipinski definition) is 1. The van der Waals surface area contributed by atoms with Crippen molar-refractivity contribution >= 4 is 10.8 Å². The summed E-state index contributed by atoms with van der Waals surface area (Å²) in [6.07, 6.45) is 5.36. The van der Waals surface area contributed by atoms with E-state index in [4.69, 9.17) is 5.73 Å². The van der Waals surface area contributed by atoms with Gasteiger partial charge in [-0.1, -0.05) is 31.2 Å². The van der Waals surface area contributed by atoms with Gasteiger partial charge in [-0.05, 0) is 25.0 Å². The van der Waals surface area contributed by atoms with E-state index in [1.165, 1.54) is 0 Å². The predicted molar refractivity (Wildman–Crippen MR) is 83.3 cm³/mol. The highest BCUT2D eigenvalue weighted by atomic mass is 15.4. The molecule has 108 valence electrons. The summed E-state index contributed by atoms with van der Waals surface area (Å²) in [6.45, 7) is 4.17. The molecule has 0 spiro atoms. The minimum atomic E-state index is -0.0645. The molecule has 1 aromatic carbocycles. The van der Waals surface area contributed by atoms with E-state index in [1.54, 1.807) is 6.20 Å². The first-order valence-corrected chi connectivity index (χ1v) is 7.29. The molecule has 0 aliphatic rings. The van der Waals surface area contributed by atoms with E-state index < -0.39 is 0 Å². The van der Waals surface area contributed by atoms with Crippen LogP contribution in [-0.4, -0.2) is 20.0 Å². The zero-order valence-corrected chi connectivity index (χ0v) is 12.3. The van der Waals surface area contributed by atoms with Crippen molar-refractivity contribution in [2.45, 2.75) is 32.7 Å². The maximum atomic E-state index is 6.15. The zero-order valence-electron chi connectivity index (χ0n) is 12.3. The smallest absolute Gasteiger partial charge is 0.103 e. The summed E-state index contributed by atoms with van der Waals surface area (Å²) in [6, 6.07) is 8.06. The SMILES string of the molecule is CCc1c(C(N)CC)nnn1-c1cccc2cnccc12. The maximum absolute atomic E-state index is 6.15. The molecule has 2 heterocycles. The molecule has 1 unspecified atom stereocenters. The second-order valence-corrected chi connectivity index (χ2v) is 5.08. The van der Waals surface area contributed by atoms with E-state index in [0.717, 1.165) is 40.7 Å². The Morgan fingerprint density at radius 1 is 1.24 bits per heavy atom. The number of aromatic nitrogens is 4. The normalized spacial score (nSPS) is 12.7. The minimum Gasteiger partial charge on any atom is -0.323 e. The molecule has 5 heteroatoms. The Hall–Kier alpha value is -2.27. The number of pyridine rings is 1. The van der Waals surface area contributed by atoms with Gasteiger partial charge in [-0.3, -0.25) is 4.98 Å². The molecule has 0 saturated carbocycles. The lowest BCUT2D eigenvalue weighted by Gasteiger charge is -2.11. The van der Waals surface area contributed by atoms with Crippen molar-refractivity contribution in [2.24, 2.45) is 5.73 Å². The Labute approximate surface area is 123 Å². The highest BCUT2D eigenvalue weighted by Crippen LogP contribution is 2.25. The molecule has 0 aliphatic carbocycles. The zero-order chi connectivity index (χ0) is 14.8. The van der Waals surface area contributed by atoms with Crippen molar-refractivity contribution < 1.29 is 0 Å². The molecule has 2 N–H and O–H groups in total. The fraction of sp³-hybridized carbons (Fsp3) is 0.312. The van der Waals surface area contributed by atoms with Gasteiger partial charge in [0.15, 0.2) is 0 Å². The highest BCUT2D eigenvalue weighted by molar-refractivity contribution is 5.89. The van der Waals surface area contributed by atoms with E-state index in [1.807, 2.05) is 29.1 Å². The van der Waals surface area contributed by atoms with Crippen LogP contribution >= 0.6 is 0 Å². The number of rotatable bonds is 4. The van der Waals surface area contributed by atoms with Gasteiger partial charge in [0.2, 0.25) is 0 Å². The van der Waals surface area contributed by atoms with Crippen LogP contribution in [0.25, 0.3) is 16.5 Å². The van der Waals surface area contributed by atoms with E-state index in [0.29, 0.717) is 0 Å². The monoisotopic (exact) mass is 281 g/mol.